The van der Waals surface area contributed by atoms with Crippen molar-refractivity contribution in [2.24, 2.45) is 0 Å². The lowest BCUT2D eigenvalue weighted by Crippen LogP contribution is -2.38. The summed E-state index contributed by atoms with van der Waals surface area (Å²) in [5.41, 5.74) is 5.78. The molecule has 104 valence electrons. The number of hydrogen-bond acceptors (Lipinski definition) is 4. The molecule has 8 heteroatoms. The van der Waals surface area contributed by atoms with Gasteiger partial charge in [-0.15, -0.1) is 0 Å². The Morgan fingerprint density at radius 3 is 2.68 bits per heavy atom. The van der Waals surface area contributed by atoms with Crippen LogP contribution in [0.2, 0.25) is 0 Å². The molecule has 1 fully saturated rings. The van der Waals surface area contributed by atoms with Crippen LogP contribution in [0.25, 0.3) is 0 Å². The van der Waals surface area contributed by atoms with Crippen molar-refractivity contribution in [1.29, 1.82) is 0 Å². The van der Waals surface area contributed by atoms with E-state index in [4.69, 9.17) is 5.73 Å². The van der Waals surface area contributed by atoms with Gasteiger partial charge >= 0.3 is 0 Å². The molecule has 0 spiro atoms. The smallest absolute Gasteiger partial charge is 0.243 e. The first kappa shape index (κ1) is 14.3. The molecule has 1 aromatic rings. The van der Waals surface area contributed by atoms with Gasteiger partial charge in [-0.05, 0) is 31.0 Å². The number of nitrogens with two attached hydrogens (primary N) is 1. The molecule has 0 atom stereocenters. The summed E-state index contributed by atoms with van der Waals surface area (Å²) in [6.07, 6.45) is 1.91. The van der Waals surface area contributed by atoms with Gasteiger partial charge in [0, 0.05) is 10.5 Å². The number of halogens is 1. The van der Waals surface area contributed by atoms with E-state index in [0.29, 0.717) is 4.47 Å². The third kappa shape index (κ3) is 3.92. The molecule has 0 aliphatic heterocycles. The fourth-order valence-electron chi connectivity index (χ4n) is 1.51. The Bertz CT molecular complexity index is 599. The standard InChI is InChI=1S/C11H14BrN3O3S/c12-7-1-4-10(9(13)5-7)19(17,18)14-6-11(16)15-8-2-3-8/h1,4-5,8,14H,2-3,6,13H2,(H,15,16). The maximum atomic E-state index is 12.0. The van der Waals surface area contributed by atoms with Gasteiger partial charge in [-0.25, -0.2) is 13.1 Å². The van der Waals surface area contributed by atoms with Crippen LogP contribution < -0.4 is 15.8 Å². The van der Waals surface area contributed by atoms with E-state index in [1.165, 1.54) is 12.1 Å². The van der Waals surface area contributed by atoms with E-state index in [9.17, 15) is 13.2 Å². The first-order valence-electron chi connectivity index (χ1n) is 5.72. The number of nitrogens with one attached hydrogen (secondary N) is 2. The van der Waals surface area contributed by atoms with Crippen molar-refractivity contribution in [2.75, 3.05) is 12.3 Å². The molecule has 1 amide bonds. The molecular formula is C11H14BrN3O3S. The number of carbonyl (C=O) groups is 1. The molecule has 0 saturated heterocycles. The van der Waals surface area contributed by atoms with Crippen LogP contribution in [-0.4, -0.2) is 26.9 Å². The molecule has 0 unspecified atom stereocenters. The van der Waals surface area contributed by atoms with Crippen LogP contribution in [0.3, 0.4) is 0 Å². The van der Waals surface area contributed by atoms with Crippen LogP contribution in [0.5, 0.6) is 0 Å². The Hall–Kier alpha value is -1.12. The van der Waals surface area contributed by atoms with Crippen molar-refractivity contribution in [3.05, 3.63) is 22.7 Å². The number of anilines is 1. The summed E-state index contributed by atoms with van der Waals surface area (Å²) in [5, 5.41) is 2.70. The predicted molar refractivity (Wildman–Crippen MR) is 74.9 cm³/mol. The SMILES string of the molecule is Nc1cc(Br)ccc1S(=O)(=O)NCC(=O)NC1CC1. The van der Waals surface area contributed by atoms with Crippen molar-refractivity contribution in [2.45, 2.75) is 23.8 Å². The van der Waals surface area contributed by atoms with Gasteiger partial charge in [-0.2, -0.15) is 0 Å². The van der Waals surface area contributed by atoms with Gasteiger partial charge in [0.1, 0.15) is 4.90 Å². The number of amides is 1. The molecule has 19 heavy (non-hydrogen) atoms. The van der Waals surface area contributed by atoms with E-state index in [-0.39, 0.29) is 29.1 Å². The minimum atomic E-state index is -3.77. The van der Waals surface area contributed by atoms with Crippen molar-refractivity contribution in [3.63, 3.8) is 0 Å². The first-order valence-corrected chi connectivity index (χ1v) is 8.00. The number of nitrogen functional groups attached to an aromatic ring is 1. The lowest BCUT2D eigenvalue weighted by molar-refractivity contribution is -0.120. The second-order valence-electron chi connectivity index (χ2n) is 4.35. The summed E-state index contributed by atoms with van der Waals surface area (Å²) in [6.45, 7) is -0.283. The van der Waals surface area contributed by atoms with Crippen molar-refractivity contribution < 1.29 is 13.2 Å². The van der Waals surface area contributed by atoms with Crippen LogP contribution in [0.1, 0.15) is 12.8 Å². The maximum absolute atomic E-state index is 12.0. The molecule has 1 aliphatic rings. The van der Waals surface area contributed by atoms with Crippen LogP contribution in [0, 0.1) is 0 Å². The summed E-state index contributed by atoms with van der Waals surface area (Å²) < 4.78 is 26.9. The molecular weight excluding hydrogens is 334 g/mol. The van der Waals surface area contributed by atoms with Crippen molar-refractivity contribution >= 4 is 37.5 Å². The number of hydrogen-bond donors (Lipinski definition) is 3. The van der Waals surface area contributed by atoms with E-state index >= 15 is 0 Å². The van der Waals surface area contributed by atoms with Crippen LogP contribution in [-0.2, 0) is 14.8 Å². The Labute approximate surface area is 119 Å². The highest BCUT2D eigenvalue weighted by Gasteiger charge is 2.24. The van der Waals surface area contributed by atoms with Crippen LogP contribution >= 0.6 is 15.9 Å². The second kappa shape index (κ2) is 5.48. The predicted octanol–water partition coefficient (Wildman–Crippen LogP) is 0.588. The van der Waals surface area contributed by atoms with Gasteiger partial charge in [0.25, 0.3) is 0 Å². The monoisotopic (exact) mass is 347 g/mol. The van der Waals surface area contributed by atoms with Gasteiger partial charge in [-0.1, -0.05) is 15.9 Å². The molecule has 0 bridgehead atoms. The molecule has 6 nitrogen and oxygen atoms in total. The number of sulfonamides is 1. The highest BCUT2D eigenvalue weighted by Crippen LogP contribution is 2.22. The first-order chi connectivity index (χ1) is 8.88. The summed E-state index contributed by atoms with van der Waals surface area (Å²) in [5.74, 6) is -0.332. The number of carbonyl (C=O) groups excluding carboxylic acids is 1. The Kier molecular flexibility index (Phi) is 4.12. The van der Waals surface area contributed by atoms with Gasteiger partial charge < -0.3 is 11.1 Å². The zero-order chi connectivity index (χ0) is 14.0. The Morgan fingerprint density at radius 2 is 2.11 bits per heavy atom. The fourth-order valence-corrected chi connectivity index (χ4v) is 2.98. The minimum Gasteiger partial charge on any atom is -0.398 e. The quantitative estimate of drug-likeness (QED) is 0.678. The van der Waals surface area contributed by atoms with E-state index in [1.54, 1.807) is 6.07 Å². The maximum Gasteiger partial charge on any atom is 0.243 e. The molecule has 2 rings (SSSR count). The minimum absolute atomic E-state index is 0.0325. The van der Waals surface area contributed by atoms with E-state index < -0.39 is 10.0 Å². The zero-order valence-electron chi connectivity index (χ0n) is 10.0. The summed E-state index contributed by atoms with van der Waals surface area (Å²) in [4.78, 5) is 11.4. The average Bonchev–Trinajstić information content (AvgIpc) is 3.10. The van der Waals surface area contributed by atoms with Gasteiger partial charge in [0.15, 0.2) is 0 Å². The molecule has 0 heterocycles. The number of rotatable bonds is 5. The van der Waals surface area contributed by atoms with E-state index in [2.05, 4.69) is 26.0 Å². The molecule has 1 aromatic carbocycles. The topological polar surface area (TPSA) is 101 Å². The molecule has 0 radical (unpaired) electrons. The fraction of sp³-hybridized carbons (Fsp3) is 0.364. The van der Waals surface area contributed by atoms with Crippen LogP contribution in [0.15, 0.2) is 27.6 Å². The summed E-state index contributed by atoms with van der Waals surface area (Å²) in [6, 6.07) is 4.67. The third-order valence-corrected chi connectivity index (χ3v) is 4.60. The highest BCUT2D eigenvalue weighted by atomic mass is 79.9. The van der Waals surface area contributed by atoms with Gasteiger partial charge in [-0.3, -0.25) is 4.79 Å². The average molecular weight is 348 g/mol. The molecule has 1 saturated carbocycles. The Morgan fingerprint density at radius 1 is 1.42 bits per heavy atom. The molecule has 1 aliphatic carbocycles. The van der Waals surface area contributed by atoms with E-state index in [1.807, 2.05) is 0 Å². The lowest BCUT2D eigenvalue weighted by Gasteiger charge is -2.09. The molecule has 0 aromatic heterocycles. The van der Waals surface area contributed by atoms with Gasteiger partial charge in [0.2, 0.25) is 15.9 Å². The normalized spacial score (nSPS) is 15.2. The van der Waals surface area contributed by atoms with E-state index in [0.717, 1.165) is 12.8 Å². The zero-order valence-corrected chi connectivity index (χ0v) is 12.4. The second-order valence-corrected chi connectivity index (χ2v) is 7.00. The van der Waals surface area contributed by atoms with Crippen molar-refractivity contribution in [3.8, 4) is 0 Å². The largest absolute Gasteiger partial charge is 0.398 e. The summed E-state index contributed by atoms with van der Waals surface area (Å²) >= 11 is 3.20. The third-order valence-electron chi connectivity index (χ3n) is 2.63. The lowest BCUT2D eigenvalue weighted by atomic mass is 10.3. The van der Waals surface area contributed by atoms with Gasteiger partial charge in [0.05, 0.1) is 12.2 Å². The Balaban J connectivity index is 2.02. The molecule has 4 N–H and O–H groups in total. The highest BCUT2D eigenvalue weighted by molar-refractivity contribution is 9.10. The van der Waals surface area contributed by atoms with Crippen LogP contribution in [0.4, 0.5) is 5.69 Å². The number of benzene rings is 1. The van der Waals surface area contributed by atoms with Crippen molar-refractivity contribution in [1.82, 2.24) is 10.0 Å². The summed E-state index contributed by atoms with van der Waals surface area (Å²) in [7, 11) is -3.77.